The third-order valence-corrected chi connectivity index (χ3v) is 10.7. The lowest BCUT2D eigenvalue weighted by Gasteiger charge is -2.16. The van der Waals surface area contributed by atoms with Crippen LogP contribution in [0.4, 0.5) is 0 Å². The highest BCUT2D eigenvalue weighted by atomic mass is 15.1. The molecule has 0 atom stereocenters. The van der Waals surface area contributed by atoms with Crippen molar-refractivity contribution in [2.45, 2.75) is 0 Å². The average Bonchev–Trinajstić information content (AvgIpc) is 3.77. The van der Waals surface area contributed by atoms with Crippen molar-refractivity contribution in [2.75, 3.05) is 0 Å². The van der Waals surface area contributed by atoms with Gasteiger partial charge in [-0.3, -0.25) is 4.57 Å². The molecule has 0 unspecified atom stereocenters. The summed E-state index contributed by atoms with van der Waals surface area (Å²) in [5.41, 5.74) is 13.9. The Hall–Kier alpha value is -7.30. The van der Waals surface area contributed by atoms with E-state index in [-0.39, 0.29) is 0 Å². The molecule has 0 aliphatic rings. The summed E-state index contributed by atoms with van der Waals surface area (Å²) >= 11 is 0. The molecule has 0 amide bonds. The summed E-state index contributed by atoms with van der Waals surface area (Å²) in [6.07, 6.45) is 0. The van der Waals surface area contributed by atoms with Crippen LogP contribution >= 0.6 is 0 Å². The quantitative estimate of drug-likeness (QED) is 0.180. The summed E-state index contributed by atoms with van der Waals surface area (Å²) in [7, 11) is 0. The van der Waals surface area contributed by atoms with E-state index in [9.17, 15) is 0 Å². The van der Waals surface area contributed by atoms with Crippen molar-refractivity contribution >= 4 is 54.6 Å². The summed E-state index contributed by atoms with van der Waals surface area (Å²) in [5.74, 6) is 0.800. The number of hydrogen-bond acceptors (Lipinski definition) is 2. The van der Waals surface area contributed by atoms with Gasteiger partial charge in [0.05, 0.1) is 33.1 Å². The molecule has 0 radical (unpaired) electrons. The Morgan fingerprint density at radius 3 is 1.48 bits per heavy atom. The van der Waals surface area contributed by atoms with Crippen molar-refractivity contribution < 1.29 is 0 Å². The largest absolute Gasteiger partial charge is 0.307 e. The van der Waals surface area contributed by atoms with Crippen LogP contribution in [0.3, 0.4) is 0 Å². The maximum atomic E-state index is 5.50. The molecule has 0 fully saturated rings. The molecule has 0 aliphatic carbocycles. The van der Waals surface area contributed by atoms with Crippen LogP contribution in [0, 0.1) is 0 Å². The van der Waals surface area contributed by atoms with Crippen molar-refractivity contribution in [3.8, 4) is 45.0 Å². The monoisotopic (exact) mass is 688 g/mol. The second kappa shape index (κ2) is 12.1. The van der Waals surface area contributed by atoms with E-state index in [4.69, 9.17) is 9.97 Å². The zero-order chi connectivity index (χ0) is 35.6. The van der Waals surface area contributed by atoms with Gasteiger partial charge in [0.15, 0.2) is 5.82 Å². The van der Waals surface area contributed by atoms with Gasteiger partial charge in [0, 0.05) is 32.8 Å². The second-order valence-corrected chi connectivity index (χ2v) is 13.8. The Balaban J connectivity index is 1.21. The van der Waals surface area contributed by atoms with Crippen LogP contribution in [0.15, 0.2) is 194 Å². The molecule has 3 aromatic heterocycles. The molecule has 8 aromatic carbocycles. The van der Waals surface area contributed by atoms with Gasteiger partial charge in [0.25, 0.3) is 0 Å². The van der Waals surface area contributed by atoms with Gasteiger partial charge in [-0.1, -0.05) is 152 Å². The molecule has 0 aliphatic heterocycles. The Morgan fingerprint density at radius 1 is 0.315 bits per heavy atom. The molecule has 54 heavy (non-hydrogen) atoms. The van der Waals surface area contributed by atoms with Gasteiger partial charge < -0.3 is 4.57 Å². The van der Waals surface area contributed by atoms with Crippen molar-refractivity contribution in [2.24, 2.45) is 0 Å². The minimum atomic E-state index is 0.800. The summed E-state index contributed by atoms with van der Waals surface area (Å²) in [5, 5.41) is 4.76. The first-order valence-electron chi connectivity index (χ1n) is 18.3. The molecule has 0 saturated carbocycles. The lowest BCUT2D eigenvalue weighted by molar-refractivity contribution is 1.08. The van der Waals surface area contributed by atoms with Gasteiger partial charge >= 0.3 is 0 Å². The fourth-order valence-electron chi connectivity index (χ4n) is 8.24. The minimum absolute atomic E-state index is 0.800. The maximum absolute atomic E-state index is 5.50. The predicted molar refractivity (Wildman–Crippen MR) is 225 cm³/mol. The first-order chi connectivity index (χ1) is 26.8. The van der Waals surface area contributed by atoms with Crippen molar-refractivity contribution in [3.63, 3.8) is 0 Å². The topological polar surface area (TPSA) is 35.6 Å². The SMILES string of the molecule is c1ccc(-c2ccc(-c3cccc(-c4nc5ccccc5nc4-n4c5ccccc5c5ccc6c7ccccc7n(-c7ccccc7)c6c54)c3)cc2)cc1. The van der Waals surface area contributed by atoms with Crippen LogP contribution in [0.25, 0.3) is 99.7 Å². The van der Waals surface area contributed by atoms with Crippen molar-refractivity contribution in [3.05, 3.63) is 194 Å². The molecule has 11 rings (SSSR count). The molecular weight excluding hydrogens is 657 g/mol. The van der Waals surface area contributed by atoms with Gasteiger partial charge in [0.2, 0.25) is 0 Å². The Kier molecular flexibility index (Phi) is 6.82. The van der Waals surface area contributed by atoms with E-state index in [1.807, 2.05) is 12.1 Å². The zero-order valence-electron chi connectivity index (χ0n) is 29.3. The fraction of sp³-hybridized carbons (Fsp3) is 0. The van der Waals surface area contributed by atoms with Crippen LogP contribution in [0.1, 0.15) is 0 Å². The summed E-state index contributed by atoms with van der Waals surface area (Å²) in [6.45, 7) is 0. The molecule has 3 heterocycles. The number of aromatic nitrogens is 4. The highest BCUT2D eigenvalue weighted by Crippen LogP contribution is 2.43. The average molecular weight is 689 g/mol. The molecule has 11 aromatic rings. The molecular formula is C50H32N4. The van der Waals surface area contributed by atoms with Gasteiger partial charge in [-0.2, -0.15) is 0 Å². The van der Waals surface area contributed by atoms with E-state index < -0.39 is 0 Å². The third kappa shape index (κ3) is 4.70. The maximum Gasteiger partial charge on any atom is 0.165 e. The molecule has 0 spiro atoms. The Bertz CT molecular complexity index is 3190. The first-order valence-corrected chi connectivity index (χ1v) is 18.3. The van der Waals surface area contributed by atoms with E-state index in [1.165, 1.54) is 38.2 Å². The summed E-state index contributed by atoms with van der Waals surface area (Å²) in [4.78, 5) is 10.9. The van der Waals surface area contributed by atoms with E-state index >= 15 is 0 Å². The molecule has 4 nitrogen and oxygen atoms in total. The molecule has 4 heteroatoms. The number of hydrogen-bond donors (Lipinski definition) is 0. The van der Waals surface area contributed by atoms with E-state index in [0.717, 1.165) is 61.5 Å². The highest BCUT2D eigenvalue weighted by molar-refractivity contribution is 6.24. The number of benzene rings is 8. The number of fused-ring (bicyclic) bond motifs is 8. The van der Waals surface area contributed by atoms with Crippen LogP contribution < -0.4 is 0 Å². The fourth-order valence-corrected chi connectivity index (χ4v) is 8.24. The van der Waals surface area contributed by atoms with Crippen LogP contribution in [0.5, 0.6) is 0 Å². The number of para-hydroxylation sites is 5. The standard InChI is InChI=1S/C50H32N4/c1-3-14-33(15-4-1)34-26-28-35(29-27-34)36-16-13-17-37(32-36)47-50(52-44-23-10-9-22-43(44)51-47)54-46-25-12-8-21-40(46)42-31-30-41-39-20-7-11-24-45(39)53(48(41)49(42)54)38-18-5-2-6-19-38/h1-32H. The van der Waals surface area contributed by atoms with E-state index in [2.05, 4.69) is 191 Å². The zero-order valence-corrected chi connectivity index (χ0v) is 29.3. The molecule has 0 N–H and O–H groups in total. The van der Waals surface area contributed by atoms with E-state index in [1.54, 1.807) is 0 Å². The smallest absolute Gasteiger partial charge is 0.165 e. The Labute approximate surface area is 311 Å². The summed E-state index contributed by atoms with van der Waals surface area (Å²) < 4.78 is 4.78. The predicted octanol–water partition coefficient (Wildman–Crippen LogP) is 12.8. The summed E-state index contributed by atoms with van der Waals surface area (Å²) in [6, 6.07) is 68.9. The van der Waals surface area contributed by atoms with Gasteiger partial charge in [-0.25, -0.2) is 9.97 Å². The van der Waals surface area contributed by atoms with Gasteiger partial charge in [-0.15, -0.1) is 0 Å². The highest BCUT2D eigenvalue weighted by Gasteiger charge is 2.24. The lowest BCUT2D eigenvalue weighted by atomic mass is 9.98. The van der Waals surface area contributed by atoms with Crippen LogP contribution in [-0.2, 0) is 0 Å². The van der Waals surface area contributed by atoms with Gasteiger partial charge in [-0.05, 0) is 64.7 Å². The normalized spacial score (nSPS) is 11.7. The second-order valence-electron chi connectivity index (χ2n) is 13.8. The van der Waals surface area contributed by atoms with Crippen molar-refractivity contribution in [1.82, 2.24) is 19.1 Å². The van der Waals surface area contributed by atoms with Gasteiger partial charge in [0.1, 0.15) is 5.69 Å². The molecule has 0 bridgehead atoms. The van der Waals surface area contributed by atoms with Crippen LogP contribution in [0.2, 0.25) is 0 Å². The third-order valence-electron chi connectivity index (χ3n) is 10.7. The Morgan fingerprint density at radius 2 is 0.796 bits per heavy atom. The van der Waals surface area contributed by atoms with Crippen LogP contribution in [-0.4, -0.2) is 19.1 Å². The lowest BCUT2D eigenvalue weighted by Crippen LogP contribution is -2.05. The van der Waals surface area contributed by atoms with Crippen molar-refractivity contribution in [1.29, 1.82) is 0 Å². The number of nitrogens with zero attached hydrogens (tertiary/aromatic N) is 4. The molecule has 0 saturated heterocycles. The number of rotatable bonds is 5. The molecule has 252 valence electrons. The first kappa shape index (κ1) is 30.3. The minimum Gasteiger partial charge on any atom is -0.307 e. The van der Waals surface area contributed by atoms with E-state index in [0.29, 0.717) is 0 Å².